The number of hydrogen-bond acceptors (Lipinski definition) is 5. The number of ether oxygens (including phenoxy) is 2. The Balaban J connectivity index is 1.29. The van der Waals surface area contributed by atoms with Gasteiger partial charge in [0, 0.05) is 10.9 Å². The van der Waals surface area contributed by atoms with Crippen LogP contribution in [-0.4, -0.2) is 23.6 Å². The van der Waals surface area contributed by atoms with Crippen molar-refractivity contribution in [2.75, 3.05) is 11.9 Å². The number of anilines is 1. The number of nitrogens with one attached hydrogen (secondary N) is 1. The lowest BCUT2D eigenvalue weighted by Gasteiger charge is -2.25. The van der Waals surface area contributed by atoms with Crippen LogP contribution in [0.15, 0.2) is 47.8 Å². The maximum Gasteiger partial charge on any atom is 0.270 e. The molecule has 1 N–H and O–H groups in total. The molecule has 0 saturated heterocycles. The number of rotatable bonds is 3. The summed E-state index contributed by atoms with van der Waals surface area (Å²) in [6.07, 6.45) is 2.84. The maximum atomic E-state index is 12.5. The SMILES string of the molecule is O=C(Nc1nc(-c2ccc3c(c2)CCC3)cs1)[C@@H]1COc2ccccc2O1. The highest BCUT2D eigenvalue weighted by molar-refractivity contribution is 7.14. The van der Waals surface area contributed by atoms with Crippen molar-refractivity contribution in [3.8, 4) is 22.8 Å². The summed E-state index contributed by atoms with van der Waals surface area (Å²) >= 11 is 1.42. The van der Waals surface area contributed by atoms with Gasteiger partial charge in [0.1, 0.15) is 6.61 Å². The molecular formula is C21H18N2O3S. The van der Waals surface area contributed by atoms with Crippen LogP contribution in [0.4, 0.5) is 5.13 Å². The highest BCUT2D eigenvalue weighted by Gasteiger charge is 2.28. The van der Waals surface area contributed by atoms with E-state index < -0.39 is 6.10 Å². The van der Waals surface area contributed by atoms with Crippen LogP contribution in [0.25, 0.3) is 11.3 Å². The molecular weight excluding hydrogens is 360 g/mol. The molecule has 1 aliphatic carbocycles. The third-order valence-electron chi connectivity index (χ3n) is 4.93. The van der Waals surface area contributed by atoms with Gasteiger partial charge >= 0.3 is 0 Å². The topological polar surface area (TPSA) is 60.5 Å². The minimum Gasteiger partial charge on any atom is -0.485 e. The van der Waals surface area contributed by atoms with E-state index in [0.29, 0.717) is 16.6 Å². The van der Waals surface area contributed by atoms with Crippen molar-refractivity contribution in [3.63, 3.8) is 0 Å². The van der Waals surface area contributed by atoms with Crippen molar-refractivity contribution < 1.29 is 14.3 Å². The van der Waals surface area contributed by atoms with E-state index in [4.69, 9.17) is 9.47 Å². The number of carbonyl (C=O) groups is 1. The van der Waals surface area contributed by atoms with Crippen molar-refractivity contribution in [2.45, 2.75) is 25.4 Å². The molecule has 0 spiro atoms. The summed E-state index contributed by atoms with van der Waals surface area (Å²) in [5.41, 5.74) is 4.84. The van der Waals surface area contributed by atoms with Gasteiger partial charge in [0.2, 0.25) is 6.10 Å². The third-order valence-corrected chi connectivity index (χ3v) is 5.69. The van der Waals surface area contributed by atoms with Crippen LogP contribution < -0.4 is 14.8 Å². The molecule has 3 aromatic rings. The summed E-state index contributed by atoms with van der Waals surface area (Å²) in [7, 11) is 0. The number of amides is 1. The average Bonchev–Trinajstić information content (AvgIpc) is 3.36. The molecule has 27 heavy (non-hydrogen) atoms. The zero-order chi connectivity index (χ0) is 18.2. The van der Waals surface area contributed by atoms with Crippen LogP contribution in [0.5, 0.6) is 11.5 Å². The monoisotopic (exact) mass is 378 g/mol. The predicted octanol–water partition coefficient (Wildman–Crippen LogP) is 4.08. The number of thiazole rings is 1. The van der Waals surface area contributed by atoms with E-state index in [2.05, 4.69) is 28.5 Å². The van der Waals surface area contributed by atoms with Gasteiger partial charge in [-0.25, -0.2) is 4.98 Å². The molecule has 2 heterocycles. The van der Waals surface area contributed by atoms with Gasteiger partial charge in [0.15, 0.2) is 16.6 Å². The number of benzene rings is 2. The molecule has 0 bridgehead atoms. The van der Waals surface area contributed by atoms with Gasteiger partial charge in [0.05, 0.1) is 5.69 Å². The van der Waals surface area contributed by atoms with Gasteiger partial charge < -0.3 is 9.47 Å². The van der Waals surface area contributed by atoms with Crippen molar-refractivity contribution in [2.24, 2.45) is 0 Å². The molecule has 0 fully saturated rings. The molecule has 0 unspecified atom stereocenters. The van der Waals surface area contributed by atoms with Gasteiger partial charge in [-0.1, -0.05) is 24.3 Å². The fourth-order valence-corrected chi connectivity index (χ4v) is 4.25. The molecule has 1 aromatic heterocycles. The van der Waals surface area contributed by atoms with E-state index in [0.717, 1.165) is 17.7 Å². The number of fused-ring (bicyclic) bond motifs is 2. The van der Waals surface area contributed by atoms with Gasteiger partial charge in [-0.15, -0.1) is 11.3 Å². The summed E-state index contributed by atoms with van der Waals surface area (Å²) in [4.78, 5) is 17.1. The predicted molar refractivity (Wildman–Crippen MR) is 105 cm³/mol. The fraction of sp³-hybridized carbons (Fsp3) is 0.238. The lowest BCUT2D eigenvalue weighted by molar-refractivity contribution is -0.125. The van der Waals surface area contributed by atoms with E-state index in [1.807, 2.05) is 23.6 Å². The van der Waals surface area contributed by atoms with E-state index in [-0.39, 0.29) is 12.5 Å². The first-order chi connectivity index (χ1) is 13.3. The van der Waals surface area contributed by atoms with Crippen LogP contribution in [0.3, 0.4) is 0 Å². The smallest absolute Gasteiger partial charge is 0.270 e. The molecule has 1 atom stereocenters. The van der Waals surface area contributed by atoms with Gasteiger partial charge in [-0.2, -0.15) is 0 Å². The van der Waals surface area contributed by atoms with E-state index >= 15 is 0 Å². The Morgan fingerprint density at radius 2 is 1.96 bits per heavy atom. The third kappa shape index (κ3) is 3.17. The first-order valence-electron chi connectivity index (χ1n) is 9.03. The number of aryl methyl sites for hydroxylation is 2. The van der Waals surface area contributed by atoms with Crippen LogP contribution in [0.1, 0.15) is 17.5 Å². The van der Waals surface area contributed by atoms with Crippen LogP contribution in [0, 0.1) is 0 Å². The summed E-state index contributed by atoms with van der Waals surface area (Å²) in [6, 6.07) is 13.9. The van der Waals surface area contributed by atoms with Crippen LogP contribution in [0.2, 0.25) is 0 Å². The van der Waals surface area contributed by atoms with E-state index in [1.54, 1.807) is 6.07 Å². The first kappa shape index (κ1) is 16.3. The van der Waals surface area contributed by atoms with Gasteiger partial charge in [0.25, 0.3) is 5.91 Å². The molecule has 6 heteroatoms. The fourth-order valence-electron chi connectivity index (χ4n) is 3.53. The Kier molecular flexibility index (Phi) is 4.05. The van der Waals surface area contributed by atoms with Gasteiger partial charge in [-0.05, 0) is 48.6 Å². The normalized spacial score (nSPS) is 17.4. The largest absolute Gasteiger partial charge is 0.485 e. The van der Waals surface area contributed by atoms with Crippen molar-refractivity contribution in [1.29, 1.82) is 0 Å². The number of aromatic nitrogens is 1. The van der Waals surface area contributed by atoms with Crippen molar-refractivity contribution >= 4 is 22.4 Å². The summed E-state index contributed by atoms with van der Waals surface area (Å²) in [5.74, 6) is 0.996. The Labute approximate surface area is 161 Å². The van der Waals surface area contributed by atoms with Crippen molar-refractivity contribution in [1.82, 2.24) is 4.98 Å². The Morgan fingerprint density at radius 3 is 2.89 bits per heavy atom. The highest BCUT2D eigenvalue weighted by Crippen LogP contribution is 2.32. The average molecular weight is 378 g/mol. The minimum atomic E-state index is -0.688. The number of hydrogen-bond donors (Lipinski definition) is 1. The number of para-hydroxylation sites is 2. The lowest BCUT2D eigenvalue weighted by atomic mass is 10.1. The summed E-state index contributed by atoms with van der Waals surface area (Å²) in [6.45, 7) is 0.186. The number of carbonyl (C=O) groups excluding carboxylic acids is 1. The Bertz CT molecular complexity index is 1010. The second kappa shape index (κ2) is 6.70. The quantitative estimate of drug-likeness (QED) is 0.746. The second-order valence-corrected chi connectivity index (χ2v) is 7.59. The Morgan fingerprint density at radius 1 is 1.11 bits per heavy atom. The lowest BCUT2D eigenvalue weighted by Crippen LogP contribution is -2.40. The van der Waals surface area contributed by atoms with E-state index in [1.165, 1.54) is 35.3 Å². The molecule has 0 saturated carbocycles. The molecule has 5 nitrogen and oxygen atoms in total. The zero-order valence-electron chi connectivity index (χ0n) is 14.6. The molecule has 136 valence electrons. The Hall–Kier alpha value is -2.86. The zero-order valence-corrected chi connectivity index (χ0v) is 15.4. The molecule has 5 rings (SSSR count). The second-order valence-electron chi connectivity index (χ2n) is 6.73. The van der Waals surface area contributed by atoms with Crippen LogP contribution >= 0.6 is 11.3 Å². The number of nitrogens with zero attached hydrogens (tertiary/aromatic N) is 1. The molecule has 0 radical (unpaired) electrons. The molecule has 2 aliphatic rings. The van der Waals surface area contributed by atoms with E-state index in [9.17, 15) is 4.79 Å². The summed E-state index contributed by atoms with van der Waals surface area (Å²) < 4.78 is 11.4. The molecule has 2 aromatic carbocycles. The maximum absolute atomic E-state index is 12.5. The first-order valence-corrected chi connectivity index (χ1v) is 9.91. The standard InChI is InChI=1S/C21H18N2O3S/c24-20(19-11-25-17-6-1-2-7-18(17)26-19)23-21-22-16(12-27-21)15-9-8-13-4-3-5-14(13)10-15/h1-2,6-10,12,19H,3-5,11H2,(H,22,23,24)/t19-/m0/s1. The molecule has 1 aliphatic heterocycles. The minimum absolute atomic E-state index is 0.186. The van der Waals surface area contributed by atoms with Gasteiger partial charge in [-0.3, -0.25) is 10.1 Å². The molecule has 1 amide bonds. The highest BCUT2D eigenvalue weighted by atomic mass is 32.1. The van der Waals surface area contributed by atoms with Crippen LogP contribution in [-0.2, 0) is 17.6 Å². The van der Waals surface area contributed by atoms with Crippen molar-refractivity contribution in [3.05, 3.63) is 59.0 Å². The summed E-state index contributed by atoms with van der Waals surface area (Å²) in [5, 5.41) is 5.39.